The van der Waals surface area contributed by atoms with E-state index in [0.717, 1.165) is 13.0 Å². The molecule has 0 radical (unpaired) electrons. The predicted octanol–water partition coefficient (Wildman–Crippen LogP) is -0.356. The monoisotopic (exact) mass is 111 g/mol. The van der Waals surface area contributed by atoms with Gasteiger partial charge in [-0.25, -0.2) is 0 Å². The van der Waals surface area contributed by atoms with Crippen LogP contribution in [-0.4, -0.2) is 29.2 Å². The molecule has 1 aliphatic rings. The van der Waals surface area contributed by atoms with E-state index in [2.05, 4.69) is 6.04 Å². The smallest absolute Gasteiger partial charge is 0.0739 e. The highest BCUT2D eigenvalue weighted by Gasteiger charge is 2.16. The molecule has 1 aliphatic heterocycles. The first-order chi connectivity index (χ1) is 3.83. The van der Waals surface area contributed by atoms with Gasteiger partial charge in [-0.3, -0.25) is 0 Å². The third-order valence-electron chi connectivity index (χ3n) is 1.35. The highest BCUT2D eigenvalue weighted by Crippen LogP contribution is 2.05. The number of likely N-dealkylation sites (tertiary alicyclic amines) is 1. The summed E-state index contributed by atoms with van der Waals surface area (Å²) in [6.07, 6.45) is 5.70. The highest BCUT2D eigenvalue weighted by molar-refractivity contribution is 4.90. The van der Waals surface area contributed by atoms with Crippen LogP contribution in [0.4, 0.5) is 0 Å². The van der Waals surface area contributed by atoms with Gasteiger partial charge >= 0.3 is 0 Å². The van der Waals surface area contributed by atoms with Crippen molar-refractivity contribution in [3.05, 3.63) is 0 Å². The number of hydrogen-bond donors (Lipinski definition) is 1. The number of aliphatic hydroxyl groups is 1. The van der Waals surface area contributed by atoms with Crippen molar-refractivity contribution in [1.82, 2.24) is 4.90 Å². The molecular formula is C6H9NO. The third-order valence-corrected chi connectivity index (χ3v) is 1.35. The van der Waals surface area contributed by atoms with E-state index in [4.69, 9.17) is 11.5 Å². The van der Waals surface area contributed by atoms with Crippen LogP contribution in [0.2, 0.25) is 0 Å². The largest absolute Gasteiger partial charge is 0.391 e. The van der Waals surface area contributed by atoms with E-state index in [1.165, 1.54) is 0 Å². The number of aliphatic hydroxyl groups excluding tert-OH is 1. The van der Waals surface area contributed by atoms with Crippen molar-refractivity contribution < 1.29 is 5.11 Å². The molecule has 1 atom stereocenters. The van der Waals surface area contributed by atoms with Crippen molar-refractivity contribution in [1.29, 1.82) is 0 Å². The van der Waals surface area contributed by atoms with Crippen molar-refractivity contribution in [3.63, 3.8) is 0 Å². The lowest BCUT2D eigenvalue weighted by Crippen LogP contribution is -2.15. The molecule has 0 spiro atoms. The molecule has 0 aromatic carbocycles. The van der Waals surface area contributed by atoms with Crippen molar-refractivity contribution in [2.24, 2.45) is 0 Å². The van der Waals surface area contributed by atoms with Crippen LogP contribution in [0.5, 0.6) is 0 Å². The van der Waals surface area contributed by atoms with Gasteiger partial charge in [-0.2, -0.15) is 0 Å². The first-order valence-corrected chi connectivity index (χ1v) is 2.72. The van der Waals surface area contributed by atoms with Crippen LogP contribution in [0.25, 0.3) is 0 Å². The molecule has 0 saturated carbocycles. The quantitative estimate of drug-likeness (QED) is 0.432. The molecule has 0 aromatic rings. The molecule has 0 bridgehead atoms. The lowest BCUT2D eigenvalue weighted by molar-refractivity contribution is 0.187. The standard InChI is InChI=1S/C6H9NO/c1-2-7-4-3-6(8)5-7/h1,6,8H,3-5H2. The maximum absolute atomic E-state index is 8.89. The zero-order valence-corrected chi connectivity index (χ0v) is 4.67. The van der Waals surface area contributed by atoms with Gasteiger partial charge in [0, 0.05) is 12.6 Å². The third kappa shape index (κ3) is 0.932. The number of rotatable bonds is 0. The molecule has 1 rings (SSSR count). The summed E-state index contributed by atoms with van der Waals surface area (Å²) in [6.45, 7) is 1.49. The molecule has 0 aliphatic carbocycles. The van der Waals surface area contributed by atoms with Gasteiger partial charge in [-0.1, -0.05) is 6.42 Å². The van der Waals surface area contributed by atoms with E-state index in [1.807, 2.05) is 0 Å². The molecule has 44 valence electrons. The second kappa shape index (κ2) is 2.06. The molecule has 1 unspecified atom stereocenters. The molecule has 1 N–H and O–H groups in total. The minimum Gasteiger partial charge on any atom is -0.391 e. The number of β-amino-alcohol motifs (C(OH)–C–C–N with tert-alkyl or cyclic N) is 1. The van der Waals surface area contributed by atoms with Gasteiger partial charge in [0.2, 0.25) is 0 Å². The van der Waals surface area contributed by atoms with Crippen LogP contribution in [0.15, 0.2) is 0 Å². The summed E-state index contributed by atoms with van der Waals surface area (Å²) in [5, 5.41) is 8.89. The molecule has 1 fully saturated rings. The molecule has 2 heteroatoms. The van der Waals surface area contributed by atoms with E-state index in [-0.39, 0.29) is 6.10 Å². The van der Waals surface area contributed by atoms with Gasteiger partial charge in [0.25, 0.3) is 0 Å². The summed E-state index contributed by atoms with van der Waals surface area (Å²) in [5.74, 6) is 0. The van der Waals surface area contributed by atoms with Gasteiger partial charge in [0.15, 0.2) is 0 Å². The summed E-state index contributed by atoms with van der Waals surface area (Å²) >= 11 is 0. The van der Waals surface area contributed by atoms with Crippen LogP contribution in [-0.2, 0) is 0 Å². The Bertz CT molecular complexity index is 116. The van der Waals surface area contributed by atoms with Crippen molar-refractivity contribution in [2.75, 3.05) is 13.1 Å². The molecule has 2 nitrogen and oxygen atoms in total. The van der Waals surface area contributed by atoms with Crippen molar-refractivity contribution >= 4 is 0 Å². The second-order valence-electron chi connectivity index (χ2n) is 2.02. The Labute approximate surface area is 49.1 Å². The summed E-state index contributed by atoms with van der Waals surface area (Å²) in [5.41, 5.74) is 0. The molecule has 1 heterocycles. The Morgan fingerprint density at radius 2 is 2.50 bits per heavy atom. The lowest BCUT2D eigenvalue weighted by atomic mass is 10.3. The topological polar surface area (TPSA) is 23.5 Å². The van der Waals surface area contributed by atoms with E-state index >= 15 is 0 Å². The summed E-state index contributed by atoms with van der Waals surface area (Å²) in [7, 11) is 0. The summed E-state index contributed by atoms with van der Waals surface area (Å²) in [4.78, 5) is 1.78. The molecule has 8 heavy (non-hydrogen) atoms. The Kier molecular flexibility index (Phi) is 1.40. The van der Waals surface area contributed by atoms with E-state index in [9.17, 15) is 0 Å². The molecule has 0 amide bonds. The van der Waals surface area contributed by atoms with Crippen molar-refractivity contribution in [2.45, 2.75) is 12.5 Å². The van der Waals surface area contributed by atoms with Gasteiger partial charge < -0.3 is 10.0 Å². The van der Waals surface area contributed by atoms with E-state index < -0.39 is 0 Å². The van der Waals surface area contributed by atoms with Crippen LogP contribution >= 0.6 is 0 Å². The fourth-order valence-electron chi connectivity index (χ4n) is 0.859. The zero-order valence-electron chi connectivity index (χ0n) is 4.67. The first-order valence-electron chi connectivity index (χ1n) is 2.72. The summed E-state index contributed by atoms with van der Waals surface area (Å²) < 4.78 is 0. The van der Waals surface area contributed by atoms with Gasteiger partial charge in [-0.05, 0) is 6.42 Å². The van der Waals surface area contributed by atoms with Gasteiger partial charge in [0.05, 0.1) is 12.6 Å². The van der Waals surface area contributed by atoms with Crippen LogP contribution in [0.1, 0.15) is 6.42 Å². The first kappa shape index (κ1) is 5.46. The van der Waals surface area contributed by atoms with E-state index in [0.29, 0.717) is 6.54 Å². The van der Waals surface area contributed by atoms with Crippen LogP contribution < -0.4 is 0 Å². The summed E-state index contributed by atoms with van der Waals surface area (Å²) in [6, 6.07) is 2.47. The van der Waals surface area contributed by atoms with E-state index in [1.54, 1.807) is 4.90 Å². The second-order valence-corrected chi connectivity index (χ2v) is 2.02. The predicted molar refractivity (Wildman–Crippen MR) is 31.0 cm³/mol. The Morgan fingerprint density at radius 3 is 2.75 bits per heavy atom. The van der Waals surface area contributed by atoms with Crippen LogP contribution in [0, 0.1) is 12.5 Å². The normalized spacial score (nSPS) is 28.0. The number of hydrogen-bond acceptors (Lipinski definition) is 2. The zero-order chi connectivity index (χ0) is 5.98. The Hall–Kier alpha value is -0.680. The fourth-order valence-corrected chi connectivity index (χ4v) is 0.859. The number of nitrogens with zero attached hydrogens (tertiary/aromatic N) is 1. The number of terminal acetylenes is 1. The minimum atomic E-state index is -0.189. The molecule has 1 saturated heterocycles. The van der Waals surface area contributed by atoms with Crippen molar-refractivity contribution in [3.8, 4) is 12.5 Å². The SMILES string of the molecule is C#CN1CCC(O)C1. The average molecular weight is 111 g/mol. The maximum Gasteiger partial charge on any atom is 0.0739 e. The lowest BCUT2D eigenvalue weighted by Gasteiger charge is -2.04. The fraction of sp³-hybridized carbons (Fsp3) is 0.667. The average Bonchev–Trinajstić information content (AvgIpc) is 2.14. The van der Waals surface area contributed by atoms with Gasteiger partial charge in [0.1, 0.15) is 0 Å². The maximum atomic E-state index is 8.89. The van der Waals surface area contributed by atoms with Crippen LogP contribution in [0.3, 0.4) is 0 Å². The highest BCUT2D eigenvalue weighted by atomic mass is 16.3. The minimum absolute atomic E-state index is 0.189. The molecular weight excluding hydrogens is 102 g/mol. The molecule has 0 aromatic heterocycles. The van der Waals surface area contributed by atoms with Gasteiger partial charge in [-0.15, -0.1) is 0 Å². The Balaban J connectivity index is 2.35. The Morgan fingerprint density at radius 1 is 1.75 bits per heavy atom.